The average Bonchev–Trinajstić information content (AvgIpc) is 3.38. The summed E-state index contributed by atoms with van der Waals surface area (Å²) >= 11 is 7.34. The summed E-state index contributed by atoms with van der Waals surface area (Å²) in [6.45, 7) is 0.442. The number of carbonyl (C=O) groups excluding carboxylic acids is 1. The molecule has 148 valence electrons. The van der Waals surface area contributed by atoms with E-state index in [4.69, 9.17) is 20.9 Å². The fraction of sp³-hybridized carbons (Fsp3) is 0.150. The van der Waals surface area contributed by atoms with Gasteiger partial charge in [0, 0.05) is 23.4 Å². The van der Waals surface area contributed by atoms with E-state index in [-0.39, 0.29) is 29.8 Å². The van der Waals surface area contributed by atoms with Crippen molar-refractivity contribution in [3.05, 3.63) is 70.3 Å². The van der Waals surface area contributed by atoms with Crippen LogP contribution in [0.25, 0.3) is 17.5 Å². The minimum absolute atomic E-state index is 0.107. The zero-order valence-electron chi connectivity index (χ0n) is 15.0. The van der Waals surface area contributed by atoms with Gasteiger partial charge in [0.25, 0.3) is 11.8 Å². The van der Waals surface area contributed by atoms with E-state index in [9.17, 15) is 9.18 Å². The largest absolute Gasteiger partial charge is 0.484 e. The predicted octanol–water partition coefficient (Wildman–Crippen LogP) is 4.48. The summed E-state index contributed by atoms with van der Waals surface area (Å²) in [6, 6.07) is 13.0. The molecule has 3 aromatic rings. The van der Waals surface area contributed by atoms with Crippen molar-refractivity contribution in [1.29, 1.82) is 0 Å². The fourth-order valence-electron chi connectivity index (χ4n) is 2.70. The second-order valence-corrected chi connectivity index (χ2v) is 7.61. The number of thioether (sulfide) groups is 1. The van der Waals surface area contributed by atoms with Gasteiger partial charge in [-0.1, -0.05) is 28.9 Å². The first-order valence-corrected chi connectivity index (χ1v) is 10.1. The van der Waals surface area contributed by atoms with E-state index in [1.54, 1.807) is 53.4 Å². The third-order valence-corrected chi connectivity index (χ3v) is 5.38. The van der Waals surface area contributed by atoms with Gasteiger partial charge < -0.3 is 14.2 Å². The number of benzene rings is 2. The van der Waals surface area contributed by atoms with Crippen LogP contribution in [0.15, 0.2) is 58.1 Å². The molecule has 4 rings (SSSR count). The number of carbonyl (C=O) groups is 1. The number of amides is 1. The Morgan fingerprint density at radius 1 is 1.28 bits per heavy atom. The maximum absolute atomic E-state index is 13.9. The molecule has 1 amide bonds. The zero-order valence-corrected chi connectivity index (χ0v) is 16.6. The lowest BCUT2D eigenvalue weighted by Crippen LogP contribution is -2.31. The molecule has 0 unspecified atom stereocenters. The van der Waals surface area contributed by atoms with Gasteiger partial charge in [-0.15, -0.1) is 11.8 Å². The van der Waals surface area contributed by atoms with Crippen LogP contribution in [0.3, 0.4) is 0 Å². The minimum Gasteiger partial charge on any atom is -0.484 e. The zero-order chi connectivity index (χ0) is 20.2. The van der Waals surface area contributed by atoms with E-state index >= 15 is 0 Å². The lowest BCUT2D eigenvalue weighted by atomic mass is 10.2. The third kappa shape index (κ3) is 4.60. The molecule has 1 aliphatic heterocycles. The molecule has 0 aliphatic carbocycles. The molecule has 0 bridgehead atoms. The molecule has 29 heavy (non-hydrogen) atoms. The van der Waals surface area contributed by atoms with Crippen LogP contribution in [0.4, 0.5) is 4.39 Å². The molecule has 0 spiro atoms. The number of rotatable bonds is 5. The number of halogens is 2. The summed E-state index contributed by atoms with van der Waals surface area (Å²) in [5.74, 6) is 1.04. The maximum atomic E-state index is 13.9. The molecule has 1 aromatic heterocycles. The second-order valence-electron chi connectivity index (χ2n) is 6.06. The lowest BCUT2D eigenvalue weighted by Gasteiger charge is -2.16. The van der Waals surface area contributed by atoms with E-state index in [0.29, 0.717) is 22.3 Å². The molecule has 0 N–H and O–H groups in total. The molecule has 0 atom stereocenters. The highest BCUT2D eigenvalue weighted by Crippen LogP contribution is 2.30. The Bertz CT molecular complexity index is 1060. The molecule has 0 saturated carbocycles. The standard InChI is InChI=1S/C20H15ClFN3O3S/c21-13-5-7-14(8-6-13)27-12-18(26)25-9-10-29-19(25)11-17-23-20(24-28-17)15-3-1-2-4-16(15)22/h1-8,11H,9-10,12H2/b19-11+. The van der Waals surface area contributed by atoms with Crippen molar-refractivity contribution in [2.75, 3.05) is 18.9 Å². The topological polar surface area (TPSA) is 68.5 Å². The van der Waals surface area contributed by atoms with Crippen molar-refractivity contribution in [3.63, 3.8) is 0 Å². The highest BCUT2D eigenvalue weighted by molar-refractivity contribution is 8.03. The summed E-state index contributed by atoms with van der Waals surface area (Å²) in [7, 11) is 0. The van der Waals surface area contributed by atoms with Gasteiger partial charge >= 0.3 is 0 Å². The molecule has 1 saturated heterocycles. The van der Waals surface area contributed by atoms with Crippen molar-refractivity contribution in [3.8, 4) is 17.1 Å². The smallest absolute Gasteiger partial charge is 0.265 e. The van der Waals surface area contributed by atoms with Crippen LogP contribution in [0.5, 0.6) is 5.75 Å². The number of aromatic nitrogens is 2. The highest BCUT2D eigenvalue weighted by atomic mass is 35.5. The summed E-state index contributed by atoms with van der Waals surface area (Å²) in [5.41, 5.74) is 0.254. The summed E-state index contributed by atoms with van der Waals surface area (Å²) in [4.78, 5) is 18.4. The Hall–Kier alpha value is -2.84. The minimum atomic E-state index is -0.432. The molecule has 0 radical (unpaired) electrons. The Morgan fingerprint density at radius 2 is 2.07 bits per heavy atom. The molecule has 2 heterocycles. The highest BCUT2D eigenvalue weighted by Gasteiger charge is 2.25. The molecule has 2 aromatic carbocycles. The van der Waals surface area contributed by atoms with E-state index in [1.165, 1.54) is 17.8 Å². The van der Waals surface area contributed by atoms with Crippen LogP contribution < -0.4 is 4.74 Å². The molecule has 9 heteroatoms. The third-order valence-electron chi connectivity index (χ3n) is 4.11. The normalized spacial score (nSPS) is 15.1. The van der Waals surface area contributed by atoms with Gasteiger partial charge in [0.2, 0.25) is 5.82 Å². The van der Waals surface area contributed by atoms with E-state index < -0.39 is 5.82 Å². The fourth-order valence-corrected chi connectivity index (χ4v) is 3.84. The SMILES string of the molecule is O=C(COc1ccc(Cl)cc1)N1CCS/C1=C/c1nc(-c2ccccc2F)no1. The Morgan fingerprint density at radius 3 is 2.86 bits per heavy atom. The van der Waals surface area contributed by atoms with Gasteiger partial charge in [0.05, 0.1) is 10.6 Å². The van der Waals surface area contributed by atoms with Crippen LogP contribution in [0, 0.1) is 5.82 Å². The summed E-state index contributed by atoms with van der Waals surface area (Å²) in [5, 5.41) is 5.10. The van der Waals surface area contributed by atoms with Crippen LogP contribution in [0.1, 0.15) is 5.89 Å². The van der Waals surface area contributed by atoms with Crippen LogP contribution in [-0.2, 0) is 4.79 Å². The summed E-state index contributed by atoms with van der Waals surface area (Å²) < 4.78 is 24.6. The van der Waals surface area contributed by atoms with Crippen molar-refractivity contribution in [1.82, 2.24) is 15.0 Å². The van der Waals surface area contributed by atoms with Crippen molar-refractivity contribution in [2.45, 2.75) is 0 Å². The number of hydrogen-bond acceptors (Lipinski definition) is 6. The first-order chi connectivity index (χ1) is 14.1. The van der Waals surface area contributed by atoms with Gasteiger partial charge in [-0.2, -0.15) is 4.98 Å². The van der Waals surface area contributed by atoms with Crippen LogP contribution in [-0.4, -0.2) is 39.9 Å². The molecule has 1 aliphatic rings. The number of nitrogens with zero attached hydrogens (tertiary/aromatic N) is 3. The molecule has 1 fully saturated rings. The van der Waals surface area contributed by atoms with Crippen molar-refractivity contribution in [2.24, 2.45) is 0 Å². The first-order valence-electron chi connectivity index (χ1n) is 8.72. The lowest BCUT2D eigenvalue weighted by molar-refractivity contribution is -0.130. The Labute approximate surface area is 175 Å². The molecular formula is C20H15ClFN3O3S. The number of ether oxygens (including phenoxy) is 1. The van der Waals surface area contributed by atoms with E-state index in [0.717, 1.165) is 5.75 Å². The van der Waals surface area contributed by atoms with Crippen molar-refractivity contribution < 1.29 is 18.4 Å². The summed E-state index contributed by atoms with van der Waals surface area (Å²) in [6.07, 6.45) is 1.62. The number of hydrogen-bond donors (Lipinski definition) is 0. The van der Waals surface area contributed by atoms with Crippen LogP contribution >= 0.6 is 23.4 Å². The van der Waals surface area contributed by atoms with Gasteiger partial charge in [0.1, 0.15) is 11.6 Å². The molecular weight excluding hydrogens is 417 g/mol. The maximum Gasteiger partial charge on any atom is 0.265 e. The average molecular weight is 432 g/mol. The van der Waals surface area contributed by atoms with Crippen molar-refractivity contribution >= 4 is 35.3 Å². The Kier molecular flexibility index (Phi) is 5.82. The van der Waals surface area contributed by atoms with E-state index in [1.807, 2.05) is 0 Å². The predicted molar refractivity (Wildman–Crippen MR) is 109 cm³/mol. The van der Waals surface area contributed by atoms with Crippen LogP contribution in [0.2, 0.25) is 5.02 Å². The van der Waals surface area contributed by atoms with Gasteiger partial charge in [-0.3, -0.25) is 4.79 Å². The second kappa shape index (κ2) is 8.67. The van der Waals surface area contributed by atoms with Gasteiger partial charge in [-0.05, 0) is 36.4 Å². The monoisotopic (exact) mass is 431 g/mol. The van der Waals surface area contributed by atoms with Gasteiger partial charge in [0.15, 0.2) is 6.61 Å². The van der Waals surface area contributed by atoms with E-state index in [2.05, 4.69) is 10.1 Å². The quantitative estimate of drug-likeness (QED) is 0.593. The van der Waals surface area contributed by atoms with Gasteiger partial charge in [-0.25, -0.2) is 4.39 Å². The Balaban J connectivity index is 1.45. The first kappa shape index (κ1) is 19.5. The molecule has 6 nitrogen and oxygen atoms in total.